The molecule has 1 unspecified atom stereocenters. The lowest BCUT2D eigenvalue weighted by molar-refractivity contribution is 0.674. The summed E-state index contributed by atoms with van der Waals surface area (Å²) in [6, 6.07) is 12.0. The van der Waals surface area contributed by atoms with Crippen molar-refractivity contribution < 1.29 is 0 Å². The number of nitrogens with zero attached hydrogens (tertiary/aromatic N) is 2. The smallest absolute Gasteiger partial charge is 0.171 e. The van der Waals surface area contributed by atoms with Gasteiger partial charge in [-0.1, -0.05) is 30.8 Å². The first-order chi connectivity index (χ1) is 9.76. The number of nitrogens with one attached hydrogen (secondary N) is 1. The molecule has 0 aliphatic carbocycles. The number of hydrogen-bond donors (Lipinski definition) is 2. The molecule has 1 aromatic carbocycles. The van der Waals surface area contributed by atoms with Gasteiger partial charge in [-0.05, 0) is 30.7 Å². The first kappa shape index (κ1) is 13.1. The number of pyridine rings is 1. The maximum Gasteiger partial charge on any atom is 0.171 e. The van der Waals surface area contributed by atoms with E-state index >= 15 is 0 Å². The Labute approximate surface area is 121 Å². The molecule has 2 heterocycles. The van der Waals surface area contributed by atoms with Crippen LogP contribution in [-0.2, 0) is 0 Å². The third kappa shape index (κ3) is 2.69. The number of benzene rings is 1. The van der Waals surface area contributed by atoms with E-state index in [4.69, 9.17) is 5.73 Å². The van der Waals surface area contributed by atoms with Crippen molar-refractivity contribution >= 4 is 22.8 Å². The molecule has 0 aliphatic rings. The Bertz CT molecular complexity index is 672. The highest BCUT2D eigenvalue weighted by Crippen LogP contribution is 2.27. The fourth-order valence-electron chi connectivity index (χ4n) is 1.97. The molecule has 0 saturated carbocycles. The van der Waals surface area contributed by atoms with E-state index in [0.717, 1.165) is 33.2 Å². The van der Waals surface area contributed by atoms with E-state index in [2.05, 4.69) is 21.9 Å². The maximum absolute atomic E-state index is 5.96. The van der Waals surface area contributed by atoms with Crippen LogP contribution in [-0.4, -0.2) is 15.0 Å². The second-order valence-corrected chi connectivity index (χ2v) is 5.66. The summed E-state index contributed by atoms with van der Waals surface area (Å²) < 4.78 is 0. The van der Waals surface area contributed by atoms with Gasteiger partial charge in [-0.2, -0.15) is 0 Å². The molecule has 0 fully saturated rings. The van der Waals surface area contributed by atoms with Crippen molar-refractivity contribution in [1.29, 1.82) is 0 Å². The molecule has 5 heteroatoms. The molecule has 4 nitrogen and oxygen atoms in total. The Balaban J connectivity index is 1.80. The van der Waals surface area contributed by atoms with Gasteiger partial charge in [0.2, 0.25) is 0 Å². The minimum atomic E-state index is 0.0141. The third-order valence-electron chi connectivity index (χ3n) is 3.16. The van der Waals surface area contributed by atoms with E-state index in [1.165, 1.54) is 0 Å². The normalized spacial score (nSPS) is 12.7. The van der Waals surface area contributed by atoms with E-state index in [1.807, 2.05) is 42.6 Å². The molecule has 20 heavy (non-hydrogen) atoms. The standard InChI is InChI=1S/C15H16N4S/c1-2-11(16)12-8-7-10(9-17-12)20-15-18-13-5-3-4-6-14(13)19-15/h3-9,11H,2,16H2,1H3,(H,18,19). The first-order valence-corrected chi connectivity index (χ1v) is 7.42. The predicted molar refractivity (Wildman–Crippen MR) is 81.7 cm³/mol. The summed E-state index contributed by atoms with van der Waals surface area (Å²) in [7, 11) is 0. The van der Waals surface area contributed by atoms with Crippen molar-refractivity contribution in [1.82, 2.24) is 15.0 Å². The summed E-state index contributed by atoms with van der Waals surface area (Å²) in [5.74, 6) is 0. The van der Waals surface area contributed by atoms with Gasteiger partial charge in [0.15, 0.2) is 5.16 Å². The van der Waals surface area contributed by atoms with Crippen LogP contribution in [0, 0.1) is 0 Å². The Morgan fingerprint density at radius 3 is 2.80 bits per heavy atom. The second-order valence-electron chi connectivity index (χ2n) is 4.59. The van der Waals surface area contributed by atoms with Crippen LogP contribution in [0.1, 0.15) is 25.1 Å². The number of H-pyrrole nitrogens is 1. The maximum atomic E-state index is 5.96. The molecule has 0 spiro atoms. The van der Waals surface area contributed by atoms with Crippen LogP contribution in [0.3, 0.4) is 0 Å². The average Bonchev–Trinajstić information content (AvgIpc) is 2.89. The summed E-state index contributed by atoms with van der Waals surface area (Å²) >= 11 is 1.57. The fourth-order valence-corrected chi connectivity index (χ4v) is 2.74. The van der Waals surface area contributed by atoms with E-state index in [1.54, 1.807) is 11.8 Å². The van der Waals surface area contributed by atoms with Gasteiger partial charge in [-0.15, -0.1) is 0 Å². The summed E-state index contributed by atoms with van der Waals surface area (Å²) in [5, 5.41) is 0.875. The fraction of sp³-hybridized carbons (Fsp3) is 0.200. The topological polar surface area (TPSA) is 67.6 Å². The molecule has 3 rings (SSSR count). The molecular weight excluding hydrogens is 268 g/mol. The van der Waals surface area contributed by atoms with Crippen LogP contribution >= 0.6 is 11.8 Å². The molecule has 0 bridgehead atoms. The van der Waals surface area contributed by atoms with Gasteiger partial charge in [-0.3, -0.25) is 4.98 Å². The van der Waals surface area contributed by atoms with Gasteiger partial charge < -0.3 is 10.7 Å². The summed E-state index contributed by atoms with van der Waals surface area (Å²) in [4.78, 5) is 13.3. The molecule has 0 amide bonds. The van der Waals surface area contributed by atoms with Crippen molar-refractivity contribution in [2.45, 2.75) is 29.4 Å². The summed E-state index contributed by atoms with van der Waals surface area (Å²) in [5.41, 5.74) is 8.92. The van der Waals surface area contributed by atoms with Crippen LogP contribution in [0.15, 0.2) is 52.6 Å². The highest BCUT2D eigenvalue weighted by atomic mass is 32.2. The van der Waals surface area contributed by atoms with Crippen LogP contribution in [0.4, 0.5) is 0 Å². The van der Waals surface area contributed by atoms with Crippen molar-refractivity contribution in [2.75, 3.05) is 0 Å². The Morgan fingerprint density at radius 2 is 2.10 bits per heavy atom. The van der Waals surface area contributed by atoms with Crippen molar-refractivity contribution in [2.24, 2.45) is 5.73 Å². The number of para-hydroxylation sites is 2. The van der Waals surface area contributed by atoms with Crippen LogP contribution in [0.2, 0.25) is 0 Å². The molecule has 0 radical (unpaired) electrons. The quantitative estimate of drug-likeness (QED) is 0.769. The Hall–Kier alpha value is -1.85. The third-order valence-corrected chi connectivity index (χ3v) is 4.03. The molecular formula is C15H16N4S. The first-order valence-electron chi connectivity index (χ1n) is 6.60. The molecule has 102 valence electrons. The van der Waals surface area contributed by atoms with Crippen molar-refractivity contribution in [3.8, 4) is 0 Å². The lowest BCUT2D eigenvalue weighted by atomic mass is 10.1. The number of rotatable bonds is 4. The summed E-state index contributed by atoms with van der Waals surface area (Å²) in [6.45, 7) is 2.06. The summed E-state index contributed by atoms with van der Waals surface area (Å²) in [6.07, 6.45) is 2.74. The molecule has 3 N–H and O–H groups in total. The minimum Gasteiger partial charge on any atom is -0.333 e. The largest absolute Gasteiger partial charge is 0.333 e. The molecule has 2 aromatic heterocycles. The second kappa shape index (κ2) is 5.64. The van der Waals surface area contributed by atoms with Gasteiger partial charge in [0.25, 0.3) is 0 Å². The van der Waals surface area contributed by atoms with Gasteiger partial charge in [-0.25, -0.2) is 4.98 Å². The number of aromatic amines is 1. The number of aromatic nitrogens is 3. The highest BCUT2D eigenvalue weighted by Gasteiger charge is 2.07. The molecule has 1 atom stereocenters. The lowest BCUT2D eigenvalue weighted by Gasteiger charge is -2.07. The highest BCUT2D eigenvalue weighted by molar-refractivity contribution is 7.99. The molecule has 0 aliphatic heterocycles. The Kier molecular flexibility index (Phi) is 3.71. The molecule has 3 aromatic rings. The van der Waals surface area contributed by atoms with E-state index < -0.39 is 0 Å². The number of imidazole rings is 1. The Morgan fingerprint density at radius 1 is 1.25 bits per heavy atom. The lowest BCUT2D eigenvalue weighted by Crippen LogP contribution is -2.10. The van der Waals surface area contributed by atoms with Crippen LogP contribution in [0.5, 0.6) is 0 Å². The van der Waals surface area contributed by atoms with Crippen molar-refractivity contribution in [3.63, 3.8) is 0 Å². The molecule has 0 saturated heterocycles. The van der Waals surface area contributed by atoms with E-state index in [0.29, 0.717) is 0 Å². The predicted octanol–water partition coefficient (Wildman–Crippen LogP) is 3.52. The van der Waals surface area contributed by atoms with Gasteiger partial charge >= 0.3 is 0 Å². The number of hydrogen-bond acceptors (Lipinski definition) is 4. The number of nitrogens with two attached hydrogens (primary N) is 1. The van der Waals surface area contributed by atoms with Crippen LogP contribution in [0.25, 0.3) is 11.0 Å². The zero-order valence-corrected chi connectivity index (χ0v) is 12.0. The van der Waals surface area contributed by atoms with Crippen molar-refractivity contribution in [3.05, 3.63) is 48.3 Å². The van der Waals surface area contributed by atoms with E-state index in [-0.39, 0.29) is 6.04 Å². The van der Waals surface area contributed by atoms with Crippen LogP contribution < -0.4 is 5.73 Å². The minimum absolute atomic E-state index is 0.0141. The van der Waals surface area contributed by atoms with Gasteiger partial charge in [0.1, 0.15) is 0 Å². The zero-order valence-electron chi connectivity index (χ0n) is 11.2. The monoisotopic (exact) mass is 284 g/mol. The number of fused-ring (bicyclic) bond motifs is 1. The van der Waals surface area contributed by atoms with Gasteiger partial charge in [0, 0.05) is 17.1 Å². The zero-order chi connectivity index (χ0) is 13.9. The van der Waals surface area contributed by atoms with Gasteiger partial charge in [0.05, 0.1) is 16.7 Å². The SMILES string of the molecule is CCC(N)c1ccc(Sc2nc3ccccc3[nH]2)cn1. The van der Waals surface area contributed by atoms with E-state index in [9.17, 15) is 0 Å². The average molecular weight is 284 g/mol.